The number of nitrogens with one attached hydrogen (secondary N) is 1. The van der Waals surface area contributed by atoms with Gasteiger partial charge < -0.3 is 15.2 Å². The van der Waals surface area contributed by atoms with Crippen molar-refractivity contribution in [2.75, 3.05) is 6.61 Å². The Morgan fingerprint density at radius 1 is 1.19 bits per heavy atom. The van der Waals surface area contributed by atoms with E-state index in [0.717, 1.165) is 5.56 Å². The first kappa shape index (κ1) is 21.0. The number of alkyl halides is 2. The van der Waals surface area contributed by atoms with Gasteiger partial charge in [0.15, 0.2) is 4.84 Å². The van der Waals surface area contributed by atoms with Crippen LogP contribution < -0.4 is 10.1 Å². The predicted molar refractivity (Wildman–Crippen MR) is 102 cm³/mol. The van der Waals surface area contributed by atoms with Crippen LogP contribution >= 0.6 is 23.2 Å². The maximum atomic E-state index is 11.9. The van der Waals surface area contributed by atoms with Gasteiger partial charge >= 0.3 is 0 Å². The molecule has 0 aliphatic carbocycles. The lowest BCUT2D eigenvalue weighted by Crippen LogP contribution is -2.45. The summed E-state index contributed by atoms with van der Waals surface area (Å²) in [5.74, 6) is -0.124. The first-order valence-electron chi connectivity index (χ1n) is 7.98. The lowest BCUT2D eigenvalue weighted by molar-refractivity contribution is -0.384. The van der Waals surface area contributed by atoms with Crippen LogP contribution in [-0.2, 0) is 4.79 Å². The predicted octanol–water partition coefficient (Wildman–Crippen LogP) is 3.30. The van der Waals surface area contributed by atoms with E-state index in [9.17, 15) is 20.0 Å². The van der Waals surface area contributed by atoms with Crippen molar-refractivity contribution in [1.82, 2.24) is 5.32 Å². The number of hydrogen-bond acceptors (Lipinski definition) is 5. The van der Waals surface area contributed by atoms with Gasteiger partial charge in [-0.25, -0.2) is 0 Å². The second-order valence-electron chi connectivity index (χ2n) is 5.83. The third-order valence-corrected chi connectivity index (χ3v) is 4.20. The molecule has 0 aromatic heterocycles. The summed E-state index contributed by atoms with van der Waals surface area (Å²) in [5.41, 5.74) is 1.33. The van der Waals surface area contributed by atoms with E-state index < -0.39 is 27.8 Å². The molecule has 0 fully saturated rings. The van der Waals surface area contributed by atoms with Gasteiger partial charge in [-0.3, -0.25) is 14.9 Å². The molecule has 0 saturated carbocycles. The van der Waals surface area contributed by atoms with Gasteiger partial charge in [-0.05, 0) is 36.8 Å². The van der Waals surface area contributed by atoms with Crippen LogP contribution in [-0.4, -0.2) is 33.4 Å². The molecule has 9 heteroatoms. The Bertz CT molecular complexity index is 781. The second-order valence-corrected chi connectivity index (χ2v) is 6.93. The van der Waals surface area contributed by atoms with Crippen LogP contribution in [0.4, 0.5) is 5.69 Å². The molecule has 0 unspecified atom stereocenters. The van der Waals surface area contributed by atoms with E-state index in [1.807, 2.05) is 19.1 Å². The fourth-order valence-electron chi connectivity index (χ4n) is 2.30. The van der Waals surface area contributed by atoms with E-state index in [0.29, 0.717) is 11.3 Å². The Hall–Kier alpha value is -2.35. The molecule has 144 valence electrons. The van der Waals surface area contributed by atoms with Crippen LogP contribution in [0.1, 0.15) is 17.2 Å². The number of aliphatic hydroxyl groups excluding tert-OH is 1. The number of aryl methyl sites for hydroxylation is 1. The summed E-state index contributed by atoms with van der Waals surface area (Å²) in [4.78, 5) is 20.8. The summed E-state index contributed by atoms with van der Waals surface area (Å²) in [5, 5.41) is 23.9. The molecule has 2 aromatic rings. The minimum atomic E-state index is -1.31. The number of amides is 1. The molecule has 2 N–H and O–H groups in total. The molecule has 0 saturated heterocycles. The lowest BCUT2D eigenvalue weighted by Gasteiger charge is -2.25. The highest BCUT2D eigenvalue weighted by molar-refractivity contribution is 6.53. The molecule has 2 aromatic carbocycles. The lowest BCUT2D eigenvalue weighted by atomic mass is 10.0. The zero-order valence-corrected chi connectivity index (χ0v) is 15.9. The number of nitro groups is 1. The first-order valence-corrected chi connectivity index (χ1v) is 8.85. The van der Waals surface area contributed by atoms with Crippen LogP contribution in [0, 0.1) is 17.0 Å². The normalized spacial score (nSPS) is 13.1. The van der Waals surface area contributed by atoms with E-state index in [1.54, 1.807) is 12.1 Å². The number of aliphatic hydroxyl groups is 1. The topological polar surface area (TPSA) is 102 Å². The number of rotatable bonds is 8. The first-order chi connectivity index (χ1) is 12.8. The molecular weight excluding hydrogens is 395 g/mol. The number of carbonyl (C=O) groups excluding carboxylic acids is 1. The van der Waals surface area contributed by atoms with Crippen molar-refractivity contribution in [1.29, 1.82) is 0 Å². The number of carbonyl (C=O) groups is 1. The van der Waals surface area contributed by atoms with E-state index in [-0.39, 0.29) is 12.3 Å². The van der Waals surface area contributed by atoms with Crippen molar-refractivity contribution in [3.63, 3.8) is 0 Å². The van der Waals surface area contributed by atoms with Crippen LogP contribution in [0.2, 0.25) is 0 Å². The molecule has 0 heterocycles. The molecule has 27 heavy (non-hydrogen) atoms. The van der Waals surface area contributed by atoms with Gasteiger partial charge in [0.1, 0.15) is 18.5 Å². The second kappa shape index (κ2) is 9.55. The monoisotopic (exact) mass is 412 g/mol. The third-order valence-electron chi connectivity index (χ3n) is 3.80. The minimum Gasteiger partial charge on any atom is -0.491 e. The number of benzene rings is 2. The summed E-state index contributed by atoms with van der Waals surface area (Å²) >= 11 is 11.1. The average Bonchev–Trinajstić information content (AvgIpc) is 2.65. The van der Waals surface area contributed by atoms with Gasteiger partial charge in [0.05, 0.1) is 11.0 Å². The van der Waals surface area contributed by atoms with Gasteiger partial charge in [0, 0.05) is 12.1 Å². The molecule has 0 spiro atoms. The highest BCUT2D eigenvalue weighted by atomic mass is 35.5. The fourth-order valence-corrected chi connectivity index (χ4v) is 2.43. The molecular formula is C18H18Cl2N2O5. The highest BCUT2D eigenvalue weighted by Crippen LogP contribution is 2.22. The number of non-ortho nitro benzene ring substituents is 1. The zero-order chi connectivity index (χ0) is 20.0. The molecule has 0 radical (unpaired) electrons. The quantitative estimate of drug-likeness (QED) is 0.393. The van der Waals surface area contributed by atoms with E-state index in [1.165, 1.54) is 24.3 Å². The summed E-state index contributed by atoms with van der Waals surface area (Å²) in [6, 6.07) is 11.7. The number of nitrogens with zero attached hydrogens (tertiary/aromatic N) is 1. The number of halogens is 2. The number of hydrogen-bond donors (Lipinski definition) is 2. The molecule has 0 aliphatic rings. The molecule has 7 nitrogen and oxygen atoms in total. The highest BCUT2D eigenvalue weighted by Gasteiger charge is 2.26. The maximum Gasteiger partial charge on any atom is 0.269 e. The summed E-state index contributed by atoms with van der Waals surface area (Å²) in [6.45, 7) is 1.87. The van der Waals surface area contributed by atoms with Crippen molar-refractivity contribution in [3.05, 3.63) is 69.8 Å². The fraction of sp³-hybridized carbons (Fsp3) is 0.278. The Morgan fingerprint density at radius 3 is 2.30 bits per heavy atom. The van der Waals surface area contributed by atoms with Crippen LogP contribution in [0.3, 0.4) is 0 Å². The third kappa shape index (κ3) is 6.09. The van der Waals surface area contributed by atoms with Gasteiger partial charge in [-0.1, -0.05) is 40.9 Å². The van der Waals surface area contributed by atoms with Gasteiger partial charge in [-0.15, -0.1) is 0 Å². The van der Waals surface area contributed by atoms with Crippen molar-refractivity contribution in [2.24, 2.45) is 0 Å². The minimum absolute atomic E-state index is 0.0621. The van der Waals surface area contributed by atoms with Gasteiger partial charge in [0.25, 0.3) is 11.6 Å². The Kier molecular flexibility index (Phi) is 7.41. The van der Waals surface area contributed by atoms with E-state index in [2.05, 4.69) is 5.32 Å². The zero-order valence-electron chi connectivity index (χ0n) is 14.3. The van der Waals surface area contributed by atoms with E-state index >= 15 is 0 Å². The maximum absolute atomic E-state index is 11.9. The summed E-state index contributed by atoms with van der Waals surface area (Å²) in [7, 11) is 0. The van der Waals surface area contributed by atoms with Crippen molar-refractivity contribution < 1.29 is 19.6 Å². The van der Waals surface area contributed by atoms with Crippen molar-refractivity contribution >= 4 is 34.8 Å². The van der Waals surface area contributed by atoms with Gasteiger partial charge in [0.2, 0.25) is 0 Å². The number of ether oxygens (including phenoxy) is 1. The summed E-state index contributed by atoms with van der Waals surface area (Å²) < 4.78 is 5.64. The van der Waals surface area contributed by atoms with Crippen molar-refractivity contribution in [3.8, 4) is 5.75 Å². The van der Waals surface area contributed by atoms with Crippen LogP contribution in [0.25, 0.3) is 0 Å². The molecule has 0 bridgehead atoms. The molecule has 0 aliphatic heterocycles. The van der Waals surface area contributed by atoms with Crippen molar-refractivity contribution in [2.45, 2.75) is 23.9 Å². The SMILES string of the molecule is Cc1ccc(OC[C@@H](NC(=O)C(Cl)Cl)[C@H](O)c2ccc([N+](=O)[O-])cc2)cc1. The Labute approximate surface area is 166 Å². The molecule has 1 amide bonds. The van der Waals surface area contributed by atoms with Crippen LogP contribution in [0.15, 0.2) is 48.5 Å². The summed E-state index contributed by atoms with van der Waals surface area (Å²) in [6.07, 6.45) is -1.19. The average molecular weight is 413 g/mol. The van der Waals surface area contributed by atoms with Crippen LogP contribution in [0.5, 0.6) is 5.75 Å². The number of nitro benzene ring substituents is 1. The Morgan fingerprint density at radius 2 is 1.78 bits per heavy atom. The molecule has 2 rings (SSSR count). The molecule has 2 atom stereocenters. The smallest absolute Gasteiger partial charge is 0.269 e. The largest absolute Gasteiger partial charge is 0.491 e. The standard InChI is InChI=1S/C18H18Cl2N2O5/c1-11-2-8-14(9-3-11)27-10-15(21-18(24)17(19)20)16(23)12-4-6-13(7-5-12)22(25)26/h2-9,15-17,23H,10H2,1H3,(H,21,24)/t15-,16-/m1/s1. The Balaban J connectivity index is 2.15. The van der Waals surface area contributed by atoms with Gasteiger partial charge in [-0.2, -0.15) is 0 Å². The van der Waals surface area contributed by atoms with E-state index in [4.69, 9.17) is 27.9 Å².